The summed E-state index contributed by atoms with van der Waals surface area (Å²) in [4.78, 5) is 15.5. The molecule has 0 N–H and O–H groups in total. The Morgan fingerprint density at radius 3 is 2.29 bits per heavy atom. The number of fused-ring (bicyclic) bond motifs is 1. The van der Waals surface area contributed by atoms with Gasteiger partial charge >= 0.3 is 0 Å². The average Bonchev–Trinajstić information content (AvgIpc) is 3.24. The molecular weight excluding hydrogens is 412 g/mol. The Kier molecular flexibility index (Phi) is 4.84. The van der Waals surface area contributed by atoms with Crippen molar-refractivity contribution in [2.45, 2.75) is 12.5 Å². The van der Waals surface area contributed by atoms with Crippen LogP contribution in [0.15, 0.2) is 89.9 Å². The smallest absolute Gasteiger partial charge is 0.258 e. The molecule has 0 saturated heterocycles. The highest BCUT2D eigenvalue weighted by Crippen LogP contribution is 2.36. The molecule has 1 atom stereocenters. The van der Waals surface area contributed by atoms with Crippen molar-refractivity contribution >= 4 is 28.8 Å². The fourth-order valence-corrected chi connectivity index (χ4v) is 3.93. The molecule has 0 radical (unpaired) electrons. The summed E-state index contributed by atoms with van der Waals surface area (Å²) in [6.07, 6.45) is 0.635. The first-order chi connectivity index (χ1) is 15.1. The van der Waals surface area contributed by atoms with Gasteiger partial charge in [-0.1, -0.05) is 54.1 Å². The maximum atomic E-state index is 11.0. The summed E-state index contributed by atoms with van der Waals surface area (Å²) in [5.41, 5.74) is 4.72. The highest BCUT2D eigenvalue weighted by atomic mass is 35.5. The quantitative estimate of drug-likeness (QED) is 0.286. The first-order valence-electron chi connectivity index (χ1n) is 9.81. The van der Waals surface area contributed by atoms with Gasteiger partial charge in [-0.25, -0.2) is 9.67 Å². The highest BCUT2D eigenvalue weighted by Gasteiger charge is 2.27. The zero-order valence-corrected chi connectivity index (χ0v) is 17.1. The molecule has 1 aliphatic heterocycles. The molecule has 152 valence electrons. The fraction of sp³-hybridized carbons (Fsp3) is 0.0833. The molecule has 0 fully saturated rings. The largest absolute Gasteiger partial charge is 0.269 e. The molecule has 0 amide bonds. The van der Waals surface area contributed by atoms with Gasteiger partial charge in [0.2, 0.25) is 0 Å². The van der Waals surface area contributed by atoms with E-state index in [-0.39, 0.29) is 11.7 Å². The van der Waals surface area contributed by atoms with Crippen molar-refractivity contribution in [2.24, 2.45) is 4.99 Å². The Hall–Kier alpha value is -3.77. The Labute approximate surface area is 183 Å². The van der Waals surface area contributed by atoms with Crippen LogP contribution < -0.4 is 0 Å². The Bertz CT molecular complexity index is 1280. The second-order valence-corrected chi connectivity index (χ2v) is 7.77. The number of rotatable bonds is 4. The molecule has 0 saturated carbocycles. The lowest BCUT2D eigenvalue weighted by atomic mass is 9.96. The fourth-order valence-electron chi connectivity index (χ4n) is 3.80. The minimum Gasteiger partial charge on any atom is -0.258 e. The Balaban J connectivity index is 1.60. The van der Waals surface area contributed by atoms with E-state index >= 15 is 0 Å². The molecular formula is C24H17ClN4O2. The molecule has 6 nitrogen and oxygen atoms in total. The van der Waals surface area contributed by atoms with Gasteiger partial charge in [0.1, 0.15) is 0 Å². The SMILES string of the molecule is O=[N+]([O-])c1ccc(C2=Nc3cc(-c4ccc(Cl)cc4)nn3C(c3ccccc3)C2)cc1. The van der Waals surface area contributed by atoms with E-state index in [1.165, 1.54) is 12.1 Å². The third kappa shape index (κ3) is 3.73. The van der Waals surface area contributed by atoms with Crippen molar-refractivity contribution < 1.29 is 4.92 Å². The number of nitro groups is 1. The number of nitro benzene ring substituents is 1. The second-order valence-electron chi connectivity index (χ2n) is 7.33. The van der Waals surface area contributed by atoms with Crippen LogP contribution in [0.1, 0.15) is 23.6 Å². The summed E-state index contributed by atoms with van der Waals surface area (Å²) in [5, 5.41) is 16.5. The molecule has 0 spiro atoms. The standard InChI is InChI=1S/C24H17ClN4O2/c25-19-10-6-17(7-11-19)22-15-24-26-21(16-8-12-20(13-9-16)29(30)31)14-23(28(24)27-22)18-4-2-1-3-5-18/h1-13,15,23H,14H2. The summed E-state index contributed by atoms with van der Waals surface area (Å²) in [7, 11) is 0. The van der Waals surface area contributed by atoms with Gasteiger partial charge in [-0.2, -0.15) is 5.10 Å². The number of hydrogen-bond acceptors (Lipinski definition) is 4. The summed E-state index contributed by atoms with van der Waals surface area (Å²) in [6.45, 7) is 0. The topological polar surface area (TPSA) is 73.3 Å². The first kappa shape index (κ1) is 19.2. The molecule has 1 unspecified atom stereocenters. The molecule has 0 aliphatic carbocycles. The van der Waals surface area contributed by atoms with E-state index in [1.807, 2.05) is 53.2 Å². The molecule has 1 aliphatic rings. The van der Waals surface area contributed by atoms with Crippen LogP contribution in [0.4, 0.5) is 11.5 Å². The lowest BCUT2D eigenvalue weighted by molar-refractivity contribution is -0.384. The number of halogens is 1. The lowest BCUT2D eigenvalue weighted by Crippen LogP contribution is -2.21. The van der Waals surface area contributed by atoms with Crippen LogP contribution >= 0.6 is 11.6 Å². The summed E-state index contributed by atoms with van der Waals surface area (Å²) < 4.78 is 1.95. The predicted octanol–water partition coefficient (Wildman–Crippen LogP) is 6.23. The maximum absolute atomic E-state index is 11.0. The molecule has 31 heavy (non-hydrogen) atoms. The van der Waals surface area contributed by atoms with Gasteiger partial charge in [0, 0.05) is 35.2 Å². The van der Waals surface area contributed by atoms with Gasteiger partial charge in [0.25, 0.3) is 5.69 Å². The number of aromatic nitrogens is 2. The van der Waals surface area contributed by atoms with E-state index in [2.05, 4.69) is 12.1 Å². The normalized spacial score (nSPS) is 15.3. The van der Waals surface area contributed by atoms with Crippen LogP contribution in [0.25, 0.3) is 11.3 Å². The van der Waals surface area contributed by atoms with E-state index in [1.54, 1.807) is 12.1 Å². The lowest BCUT2D eigenvalue weighted by Gasteiger charge is -2.24. The van der Waals surface area contributed by atoms with Crippen LogP contribution in [0.5, 0.6) is 0 Å². The van der Waals surface area contributed by atoms with E-state index in [0.29, 0.717) is 11.4 Å². The molecule has 0 bridgehead atoms. The van der Waals surface area contributed by atoms with Crippen molar-refractivity contribution in [3.8, 4) is 11.3 Å². The number of nitrogens with zero attached hydrogens (tertiary/aromatic N) is 4. The van der Waals surface area contributed by atoms with Crippen LogP contribution in [-0.2, 0) is 0 Å². The van der Waals surface area contributed by atoms with Crippen LogP contribution in [0.3, 0.4) is 0 Å². The van der Waals surface area contributed by atoms with E-state index in [0.717, 1.165) is 33.9 Å². The first-order valence-corrected chi connectivity index (χ1v) is 10.2. The summed E-state index contributed by atoms with van der Waals surface area (Å²) >= 11 is 6.03. The van der Waals surface area contributed by atoms with E-state index in [9.17, 15) is 10.1 Å². The summed E-state index contributed by atoms with van der Waals surface area (Å²) in [5.74, 6) is 0.749. The second kappa shape index (κ2) is 7.81. The molecule has 7 heteroatoms. The van der Waals surface area contributed by atoms with Gasteiger partial charge in [0.05, 0.1) is 22.4 Å². The van der Waals surface area contributed by atoms with Gasteiger partial charge in [-0.05, 0) is 35.4 Å². The Morgan fingerprint density at radius 2 is 1.61 bits per heavy atom. The number of benzene rings is 3. The zero-order valence-electron chi connectivity index (χ0n) is 16.4. The number of aliphatic imine (C=N–C) groups is 1. The van der Waals surface area contributed by atoms with Crippen molar-refractivity contribution in [3.63, 3.8) is 0 Å². The van der Waals surface area contributed by atoms with Gasteiger partial charge in [0.15, 0.2) is 5.82 Å². The van der Waals surface area contributed by atoms with E-state index in [4.69, 9.17) is 21.7 Å². The minimum atomic E-state index is -0.396. The molecule has 3 aromatic carbocycles. The highest BCUT2D eigenvalue weighted by molar-refractivity contribution is 6.30. The van der Waals surface area contributed by atoms with Gasteiger partial charge in [-0.3, -0.25) is 10.1 Å². The average molecular weight is 429 g/mol. The molecule has 4 aromatic rings. The predicted molar refractivity (Wildman–Crippen MR) is 121 cm³/mol. The number of hydrogen-bond donors (Lipinski definition) is 0. The van der Waals surface area contributed by atoms with Gasteiger partial charge in [-0.15, -0.1) is 0 Å². The zero-order chi connectivity index (χ0) is 21.4. The minimum absolute atomic E-state index is 0.0278. The molecule has 5 rings (SSSR count). The third-order valence-electron chi connectivity index (χ3n) is 5.38. The molecule has 1 aromatic heterocycles. The van der Waals surface area contributed by atoms with E-state index < -0.39 is 4.92 Å². The molecule has 2 heterocycles. The Morgan fingerprint density at radius 1 is 0.935 bits per heavy atom. The van der Waals surface area contributed by atoms with Gasteiger partial charge < -0.3 is 0 Å². The van der Waals surface area contributed by atoms with Crippen LogP contribution in [0.2, 0.25) is 5.02 Å². The van der Waals surface area contributed by atoms with Crippen molar-refractivity contribution in [2.75, 3.05) is 0 Å². The monoisotopic (exact) mass is 428 g/mol. The summed E-state index contributed by atoms with van der Waals surface area (Å²) in [6, 6.07) is 26.2. The van der Waals surface area contributed by atoms with Crippen LogP contribution in [0, 0.1) is 10.1 Å². The van der Waals surface area contributed by atoms with Crippen LogP contribution in [-0.4, -0.2) is 20.4 Å². The van der Waals surface area contributed by atoms with Crippen molar-refractivity contribution in [3.05, 3.63) is 111 Å². The van der Waals surface area contributed by atoms with Crippen molar-refractivity contribution in [1.29, 1.82) is 0 Å². The number of non-ortho nitro benzene ring substituents is 1. The third-order valence-corrected chi connectivity index (χ3v) is 5.64. The van der Waals surface area contributed by atoms with Crippen molar-refractivity contribution in [1.82, 2.24) is 9.78 Å². The maximum Gasteiger partial charge on any atom is 0.269 e.